The fourth-order valence-corrected chi connectivity index (χ4v) is 2.36. The van der Waals surface area contributed by atoms with Crippen molar-refractivity contribution < 1.29 is 4.79 Å². The molecule has 0 spiro atoms. The second-order valence-electron chi connectivity index (χ2n) is 4.81. The summed E-state index contributed by atoms with van der Waals surface area (Å²) in [5.41, 5.74) is 7.39. The molecule has 5 nitrogen and oxygen atoms in total. The van der Waals surface area contributed by atoms with Gasteiger partial charge in [-0.1, -0.05) is 13.8 Å². The van der Waals surface area contributed by atoms with Crippen LogP contribution >= 0.6 is 0 Å². The molecule has 1 aromatic heterocycles. The third-order valence-electron chi connectivity index (χ3n) is 3.44. The minimum Gasteiger partial charge on any atom is -0.355 e. The molecule has 1 aromatic rings. The van der Waals surface area contributed by atoms with Gasteiger partial charge in [-0.25, -0.2) is 0 Å². The minimum atomic E-state index is -0.00761. The van der Waals surface area contributed by atoms with Crippen molar-refractivity contribution in [3.05, 3.63) is 30.1 Å². The van der Waals surface area contributed by atoms with Crippen LogP contribution in [-0.2, 0) is 4.79 Å². The molecule has 0 fully saturated rings. The largest absolute Gasteiger partial charge is 0.355 e. The molecule has 0 saturated heterocycles. The number of nitrogens with two attached hydrogens (primary N) is 1. The predicted molar refractivity (Wildman–Crippen MR) is 81.2 cm³/mol. The van der Waals surface area contributed by atoms with Crippen molar-refractivity contribution in [1.82, 2.24) is 15.2 Å². The zero-order valence-corrected chi connectivity index (χ0v) is 12.7. The minimum absolute atomic E-state index is 0.00761. The molecular weight excluding hydrogens is 252 g/mol. The van der Waals surface area contributed by atoms with E-state index in [4.69, 9.17) is 5.73 Å². The summed E-state index contributed by atoms with van der Waals surface area (Å²) in [6.07, 6.45) is 4.40. The molecule has 0 radical (unpaired) electrons. The molecule has 0 aliphatic heterocycles. The van der Waals surface area contributed by atoms with E-state index in [0.29, 0.717) is 13.1 Å². The SMILES string of the molecule is CCNC(=O)CN(CC)C(c1ccncc1)C(N)CC. The number of nitrogens with zero attached hydrogens (tertiary/aromatic N) is 2. The Labute approximate surface area is 121 Å². The number of carbonyl (C=O) groups is 1. The molecule has 1 amide bonds. The van der Waals surface area contributed by atoms with Gasteiger partial charge >= 0.3 is 0 Å². The van der Waals surface area contributed by atoms with Crippen LogP contribution in [0.15, 0.2) is 24.5 Å². The summed E-state index contributed by atoms with van der Waals surface area (Å²) in [5.74, 6) is 0.0386. The molecule has 3 N–H and O–H groups in total. The van der Waals surface area contributed by atoms with E-state index >= 15 is 0 Å². The van der Waals surface area contributed by atoms with Gasteiger partial charge in [-0.3, -0.25) is 14.7 Å². The first-order valence-corrected chi connectivity index (χ1v) is 7.30. The van der Waals surface area contributed by atoms with Crippen molar-refractivity contribution in [2.45, 2.75) is 39.3 Å². The molecule has 2 unspecified atom stereocenters. The lowest BCUT2D eigenvalue weighted by Gasteiger charge is -2.34. The first kappa shape index (κ1) is 16.6. The van der Waals surface area contributed by atoms with Crippen molar-refractivity contribution >= 4 is 5.91 Å². The van der Waals surface area contributed by atoms with Crippen LogP contribution in [-0.4, -0.2) is 41.5 Å². The van der Waals surface area contributed by atoms with E-state index in [1.165, 1.54) is 0 Å². The van der Waals surface area contributed by atoms with Crippen LogP contribution in [0.25, 0.3) is 0 Å². The van der Waals surface area contributed by atoms with Gasteiger partial charge in [0.05, 0.1) is 12.6 Å². The van der Waals surface area contributed by atoms with Gasteiger partial charge in [0.1, 0.15) is 0 Å². The first-order valence-electron chi connectivity index (χ1n) is 7.30. The summed E-state index contributed by atoms with van der Waals surface area (Å²) >= 11 is 0. The monoisotopic (exact) mass is 278 g/mol. The molecule has 0 bridgehead atoms. The van der Waals surface area contributed by atoms with Gasteiger partial charge < -0.3 is 11.1 Å². The van der Waals surface area contributed by atoms with E-state index in [9.17, 15) is 4.79 Å². The van der Waals surface area contributed by atoms with Gasteiger partial charge in [0.25, 0.3) is 0 Å². The average molecular weight is 278 g/mol. The Morgan fingerprint density at radius 3 is 2.50 bits per heavy atom. The van der Waals surface area contributed by atoms with E-state index in [-0.39, 0.29) is 18.0 Å². The van der Waals surface area contributed by atoms with Crippen molar-refractivity contribution in [2.24, 2.45) is 5.73 Å². The highest BCUT2D eigenvalue weighted by Gasteiger charge is 2.26. The summed E-state index contributed by atoms with van der Waals surface area (Å²) in [4.78, 5) is 18.0. The quantitative estimate of drug-likeness (QED) is 0.752. The van der Waals surface area contributed by atoms with Gasteiger partial charge in [0, 0.05) is 25.0 Å². The summed E-state index contributed by atoms with van der Waals surface area (Å²) in [6, 6.07) is 3.98. The predicted octanol–water partition coefficient (Wildman–Crippen LogP) is 1.32. The maximum atomic E-state index is 11.9. The molecular formula is C15H26N4O. The van der Waals surface area contributed by atoms with Crippen LogP contribution in [0.4, 0.5) is 0 Å². The normalized spacial score (nSPS) is 14.1. The van der Waals surface area contributed by atoms with E-state index < -0.39 is 0 Å². The third-order valence-corrected chi connectivity index (χ3v) is 3.44. The molecule has 0 aliphatic carbocycles. The average Bonchev–Trinajstić information content (AvgIpc) is 2.47. The smallest absolute Gasteiger partial charge is 0.234 e. The summed E-state index contributed by atoms with van der Waals surface area (Å²) in [6.45, 7) is 7.83. The fourth-order valence-electron chi connectivity index (χ4n) is 2.36. The maximum Gasteiger partial charge on any atom is 0.234 e. The Morgan fingerprint density at radius 2 is 2.00 bits per heavy atom. The summed E-state index contributed by atoms with van der Waals surface area (Å²) in [7, 11) is 0. The number of hydrogen-bond acceptors (Lipinski definition) is 4. The summed E-state index contributed by atoms with van der Waals surface area (Å²) < 4.78 is 0. The Bertz CT molecular complexity index is 396. The van der Waals surface area contributed by atoms with E-state index in [0.717, 1.165) is 18.5 Å². The molecule has 112 valence electrons. The lowest BCUT2D eigenvalue weighted by molar-refractivity contribution is -0.122. The topological polar surface area (TPSA) is 71.2 Å². The van der Waals surface area contributed by atoms with Crippen LogP contribution in [0.5, 0.6) is 0 Å². The molecule has 20 heavy (non-hydrogen) atoms. The van der Waals surface area contributed by atoms with Gasteiger partial charge in [-0.05, 0) is 37.6 Å². The van der Waals surface area contributed by atoms with Crippen LogP contribution in [0.3, 0.4) is 0 Å². The Hall–Kier alpha value is -1.46. The second-order valence-corrected chi connectivity index (χ2v) is 4.81. The standard InChI is InChI=1S/C15H26N4O/c1-4-13(16)15(12-7-9-17-10-8-12)19(6-3)11-14(20)18-5-2/h7-10,13,15H,4-6,11,16H2,1-3H3,(H,18,20). The molecule has 2 atom stereocenters. The summed E-state index contributed by atoms with van der Waals surface area (Å²) in [5, 5.41) is 2.84. The van der Waals surface area contributed by atoms with Crippen LogP contribution in [0, 0.1) is 0 Å². The van der Waals surface area contributed by atoms with Crippen LogP contribution in [0.1, 0.15) is 38.8 Å². The fraction of sp³-hybridized carbons (Fsp3) is 0.600. The Balaban J connectivity index is 2.93. The highest BCUT2D eigenvalue weighted by atomic mass is 16.2. The number of pyridine rings is 1. The van der Waals surface area contributed by atoms with Gasteiger partial charge in [0.2, 0.25) is 5.91 Å². The van der Waals surface area contributed by atoms with Gasteiger partial charge in [-0.2, -0.15) is 0 Å². The lowest BCUT2D eigenvalue weighted by Crippen LogP contribution is -2.45. The molecule has 5 heteroatoms. The Morgan fingerprint density at radius 1 is 1.35 bits per heavy atom. The number of rotatable bonds is 8. The number of likely N-dealkylation sites (N-methyl/N-ethyl adjacent to an activating group) is 2. The first-order chi connectivity index (χ1) is 9.63. The van der Waals surface area contributed by atoms with E-state index in [1.807, 2.05) is 19.1 Å². The Kier molecular flexibility index (Phi) is 7.18. The number of amides is 1. The maximum absolute atomic E-state index is 11.9. The molecule has 1 heterocycles. The highest BCUT2D eigenvalue weighted by Crippen LogP contribution is 2.24. The van der Waals surface area contributed by atoms with Crippen molar-refractivity contribution in [1.29, 1.82) is 0 Å². The molecule has 0 aliphatic rings. The van der Waals surface area contributed by atoms with Crippen molar-refractivity contribution in [3.8, 4) is 0 Å². The number of carbonyl (C=O) groups excluding carboxylic acids is 1. The molecule has 1 rings (SSSR count). The lowest BCUT2D eigenvalue weighted by atomic mass is 9.97. The van der Waals surface area contributed by atoms with Crippen molar-refractivity contribution in [2.75, 3.05) is 19.6 Å². The number of hydrogen-bond donors (Lipinski definition) is 2. The second kappa shape index (κ2) is 8.66. The van der Waals surface area contributed by atoms with Gasteiger partial charge in [0.15, 0.2) is 0 Å². The van der Waals surface area contributed by atoms with E-state index in [2.05, 4.69) is 29.0 Å². The number of aromatic nitrogens is 1. The zero-order chi connectivity index (χ0) is 15.0. The van der Waals surface area contributed by atoms with Crippen molar-refractivity contribution in [3.63, 3.8) is 0 Å². The third kappa shape index (κ3) is 4.58. The van der Waals surface area contributed by atoms with E-state index in [1.54, 1.807) is 12.4 Å². The van der Waals surface area contributed by atoms with Crippen LogP contribution in [0.2, 0.25) is 0 Å². The highest BCUT2D eigenvalue weighted by molar-refractivity contribution is 5.78. The number of nitrogens with one attached hydrogen (secondary N) is 1. The zero-order valence-electron chi connectivity index (χ0n) is 12.7. The van der Waals surface area contributed by atoms with Gasteiger partial charge in [-0.15, -0.1) is 0 Å². The van der Waals surface area contributed by atoms with Crippen LogP contribution < -0.4 is 11.1 Å². The molecule has 0 aromatic carbocycles. The molecule has 0 saturated carbocycles.